The Morgan fingerprint density at radius 1 is 1.09 bits per heavy atom. The van der Waals surface area contributed by atoms with Gasteiger partial charge < -0.3 is 5.32 Å². The van der Waals surface area contributed by atoms with Gasteiger partial charge in [0.05, 0.1) is 0 Å². The second kappa shape index (κ2) is 7.14. The molecule has 1 aromatic carbocycles. The van der Waals surface area contributed by atoms with Crippen molar-refractivity contribution in [1.29, 1.82) is 0 Å². The highest BCUT2D eigenvalue weighted by Crippen LogP contribution is 2.36. The van der Waals surface area contributed by atoms with Gasteiger partial charge in [0.15, 0.2) is 0 Å². The number of hydrogen-bond donors (Lipinski definition) is 1. The minimum atomic E-state index is 0.0849. The molecule has 1 aliphatic carbocycles. The number of carbonyl (C=O) groups is 1. The van der Waals surface area contributed by atoms with Gasteiger partial charge in [-0.15, -0.1) is 0 Å². The van der Waals surface area contributed by atoms with Crippen LogP contribution < -0.4 is 5.32 Å². The van der Waals surface area contributed by atoms with E-state index in [4.69, 9.17) is 11.6 Å². The lowest BCUT2D eigenvalue weighted by Crippen LogP contribution is -2.27. The number of nitrogens with one attached hydrogen (secondary N) is 1. The Kier molecular flexibility index (Phi) is 4.97. The Morgan fingerprint density at radius 3 is 2.39 bits per heavy atom. The number of carbonyl (C=O) groups excluding carboxylic acids is 1. The molecule has 1 aliphatic rings. The third-order valence-electron chi connectivity index (χ3n) is 4.60. The molecule has 0 radical (unpaired) electrons. The molecule has 0 atom stereocenters. The van der Waals surface area contributed by atoms with Crippen LogP contribution in [0.4, 0.5) is 5.82 Å². The fraction of sp³-hybridized carbons (Fsp3) is 0.368. The third kappa shape index (κ3) is 4.11. The lowest BCUT2D eigenvalue weighted by atomic mass is 9.78. The molecule has 0 saturated heterocycles. The van der Waals surface area contributed by atoms with Gasteiger partial charge in [-0.25, -0.2) is 4.98 Å². The van der Waals surface area contributed by atoms with Crippen LogP contribution in [0.2, 0.25) is 5.02 Å². The number of benzene rings is 1. The van der Waals surface area contributed by atoms with Gasteiger partial charge in [-0.05, 0) is 67.9 Å². The number of aryl methyl sites for hydroxylation is 1. The van der Waals surface area contributed by atoms with Crippen molar-refractivity contribution in [2.45, 2.75) is 38.5 Å². The smallest absolute Gasteiger partial charge is 0.228 e. The molecule has 0 bridgehead atoms. The summed E-state index contributed by atoms with van der Waals surface area (Å²) in [4.78, 5) is 16.6. The zero-order valence-corrected chi connectivity index (χ0v) is 14.0. The lowest BCUT2D eigenvalue weighted by molar-refractivity contribution is -0.120. The van der Waals surface area contributed by atoms with Crippen molar-refractivity contribution in [3.63, 3.8) is 0 Å². The van der Waals surface area contributed by atoms with Crippen molar-refractivity contribution >= 4 is 23.3 Å². The van der Waals surface area contributed by atoms with Crippen molar-refractivity contribution in [2.24, 2.45) is 5.92 Å². The summed E-state index contributed by atoms with van der Waals surface area (Å²) >= 11 is 5.94. The summed E-state index contributed by atoms with van der Waals surface area (Å²) in [5.41, 5.74) is 2.42. The molecule has 4 heteroatoms. The van der Waals surface area contributed by atoms with Gasteiger partial charge in [-0.2, -0.15) is 0 Å². The summed E-state index contributed by atoms with van der Waals surface area (Å²) in [7, 11) is 0. The van der Waals surface area contributed by atoms with E-state index in [0.29, 0.717) is 11.7 Å². The van der Waals surface area contributed by atoms with Crippen LogP contribution in [0.1, 0.15) is 42.7 Å². The van der Waals surface area contributed by atoms with Crippen LogP contribution in [0, 0.1) is 12.8 Å². The molecule has 23 heavy (non-hydrogen) atoms. The maximum Gasteiger partial charge on any atom is 0.228 e. The summed E-state index contributed by atoms with van der Waals surface area (Å²) in [5.74, 6) is 1.35. The predicted molar refractivity (Wildman–Crippen MR) is 93.8 cm³/mol. The Labute approximate surface area is 142 Å². The molecule has 0 spiro atoms. The molecule has 3 rings (SSSR count). The standard InChI is InChI=1S/C19H21ClN2O/c1-13-2-11-18(21-12-13)22-19(23)16-5-3-14(4-6-16)15-7-9-17(20)10-8-15/h2,7-12,14,16H,3-6H2,1H3,(H,21,22,23). The topological polar surface area (TPSA) is 42.0 Å². The molecule has 1 aromatic heterocycles. The fourth-order valence-electron chi connectivity index (χ4n) is 3.19. The van der Waals surface area contributed by atoms with Crippen LogP contribution in [-0.2, 0) is 4.79 Å². The monoisotopic (exact) mass is 328 g/mol. The van der Waals surface area contributed by atoms with E-state index in [-0.39, 0.29) is 11.8 Å². The molecule has 1 saturated carbocycles. The highest BCUT2D eigenvalue weighted by atomic mass is 35.5. The van der Waals surface area contributed by atoms with E-state index in [2.05, 4.69) is 22.4 Å². The molecular formula is C19H21ClN2O. The van der Waals surface area contributed by atoms with Crippen LogP contribution in [0.5, 0.6) is 0 Å². The predicted octanol–water partition coefficient (Wildman–Crippen LogP) is 4.96. The molecule has 2 aromatic rings. The minimum absolute atomic E-state index is 0.0849. The number of hydrogen-bond acceptors (Lipinski definition) is 2. The molecule has 1 fully saturated rings. The molecular weight excluding hydrogens is 308 g/mol. The summed E-state index contributed by atoms with van der Waals surface area (Å²) in [6.45, 7) is 1.98. The van der Waals surface area contributed by atoms with Crippen LogP contribution in [0.3, 0.4) is 0 Å². The number of pyridine rings is 1. The highest BCUT2D eigenvalue weighted by Gasteiger charge is 2.27. The molecule has 3 nitrogen and oxygen atoms in total. The van der Waals surface area contributed by atoms with E-state index in [0.717, 1.165) is 36.3 Å². The summed E-state index contributed by atoms with van der Waals surface area (Å²) in [5, 5.41) is 3.70. The summed E-state index contributed by atoms with van der Waals surface area (Å²) in [6.07, 6.45) is 5.70. The zero-order chi connectivity index (χ0) is 16.2. The SMILES string of the molecule is Cc1ccc(NC(=O)C2CCC(c3ccc(Cl)cc3)CC2)nc1. The van der Waals surface area contributed by atoms with Gasteiger partial charge in [-0.1, -0.05) is 29.8 Å². The van der Waals surface area contributed by atoms with Crippen LogP contribution in [-0.4, -0.2) is 10.9 Å². The van der Waals surface area contributed by atoms with Crippen LogP contribution >= 0.6 is 11.6 Å². The van der Waals surface area contributed by atoms with Crippen molar-refractivity contribution in [3.05, 3.63) is 58.7 Å². The molecule has 1 heterocycles. The Balaban J connectivity index is 1.54. The van der Waals surface area contributed by atoms with Gasteiger partial charge in [0.2, 0.25) is 5.91 Å². The van der Waals surface area contributed by atoms with E-state index in [1.807, 2.05) is 31.2 Å². The van der Waals surface area contributed by atoms with Crippen LogP contribution in [0.25, 0.3) is 0 Å². The average Bonchev–Trinajstić information content (AvgIpc) is 2.58. The first-order valence-electron chi connectivity index (χ1n) is 8.11. The molecule has 1 N–H and O–H groups in total. The van der Waals surface area contributed by atoms with Crippen molar-refractivity contribution in [2.75, 3.05) is 5.32 Å². The zero-order valence-electron chi connectivity index (χ0n) is 13.3. The maximum absolute atomic E-state index is 12.4. The normalized spacial score (nSPS) is 21.0. The number of nitrogens with zero attached hydrogens (tertiary/aromatic N) is 1. The van der Waals surface area contributed by atoms with E-state index in [9.17, 15) is 4.79 Å². The first kappa shape index (κ1) is 16.0. The largest absolute Gasteiger partial charge is 0.310 e. The van der Waals surface area contributed by atoms with E-state index >= 15 is 0 Å². The highest BCUT2D eigenvalue weighted by molar-refractivity contribution is 6.30. The van der Waals surface area contributed by atoms with E-state index in [1.165, 1.54) is 5.56 Å². The average molecular weight is 329 g/mol. The van der Waals surface area contributed by atoms with E-state index in [1.54, 1.807) is 6.20 Å². The number of anilines is 1. The molecule has 0 unspecified atom stereocenters. The first-order valence-corrected chi connectivity index (χ1v) is 8.48. The molecule has 1 amide bonds. The number of halogens is 1. The van der Waals surface area contributed by atoms with Gasteiger partial charge in [0, 0.05) is 17.1 Å². The van der Waals surface area contributed by atoms with Gasteiger partial charge in [0.1, 0.15) is 5.82 Å². The second-order valence-corrected chi connectivity index (χ2v) is 6.75. The van der Waals surface area contributed by atoms with E-state index < -0.39 is 0 Å². The number of amides is 1. The summed E-state index contributed by atoms with van der Waals surface area (Å²) in [6, 6.07) is 11.9. The number of aromatic nitrogens is 1. The summed E-state index contributed by atoms with van der Waals surface area (Å²) < 4.78 is 0. The first-order chi connectivity index (χ1) is 11.1. The maximum atomic E-state index is 12.4. The fourth-order valence-corrected chi connectivity index (χ4v) is 3.32. The lowest BCUT2D eigenvalue weighted by Gasteiger charge is -2.28. The Morgan fingerprint density at radius 2 is 1.78 bits per heavy atom. The van der Waals surface area contributed by atoms with Gasteiger partial charge in [-0.3, -0.25) is 4.79 Å². The Bertz CT molecular complexity index is 659. The van der Waals surface area contributed by atoms with Crippen molar-refractivity contribution in [1.82, 2.24) is 4.98 Å². The third-order valence-corrected chi connectivity index (χ3v) is 4.85. The minimum Gasteiger partial charge on any atom is -0.310 e. The van der Waals surface area contributed by atoms with Gasteiger partial charge in [0.25, 0.3) is 0 Å². The van der Waals surface area contributed by atoms with Crippen LogP contribution in [0.15, 0.2) is 42.6 Å². The second-order valence-electron chi connectivity index (χ2n) is 6.31. The Hall–Kier alpha value is -1.87. The van der Waals surface area contributed by atoms with Crippen molar-refractivity contribution in [3.8, 4) is 0 Å². The number of rotatable bonds is 3. The van der Waals surface area contributed by atoms with Gasteiger partial charge >= 0.3 is 0 Å². The molecule has 0 aliphatic heterocycles. The quantitative estimate of drug-likeness (QED) is 0.865. The molecule has 120 valence electrons. The van der Waals surface area contributed by atoms with Crippen molar-refractivity contribution < 1.29 is 4.79 Å².